The molecule has 2 heterocycles. The molecule has 2 N–H and O–H groups in total. The summed E-state index contributed by atoms with van der Waals surface area (Å²) in [5.41, 5.74) is 7.47. The van der Waals surface area contributed by atoms with E-state index in [2.05, 4.69) is 15.6 Å². The van der Waals surface area contributed by atoms with Crippen LogP contribution in [0.5, 0.6) is 0 Å². The number of rotatable bonds is 9. The van der Waals surface area contributed by atoms with Crippen molar-refractivity contribution in [3.05, 3.63) is 111 Å². The Morgan fingerprint density at radius 2 is 1.79 bits per heavy atom. The van der Waals surface area contributed by atoms with Crippen molar-refractivity contribution in [2.75, 3.05) is 31.4 Å². The molecule has 10 heteroatoms. The van der Waals surface area contributed by atoms with Gasteiger partial charge in [-0.3, -0.25) is 14.4 Å². The van der Waals surface area contributed by atoms with Crippen LogP contribution < -0.4 is 10.6 Å². The predicted octanol–water partition coefficient (Wildman–Crippen LogP) is 5.01. The van der Waals surface area contributed by atoms with Gasteiger partial charge in [-0.15, -0.1) is 11.3 Å². The maximum Gasteiger partial charge on any atom is 0.274 e. The molecule has 3 aromatic carbocycles. The smallest absolute Gasteiger partial charge is 0.274 e. The first-order chi connectivity index (χ1) is 20.8. The van der Waals surface area contributed by atoms with E-state index in [9.17, 15) is 14.4 Å². The Bertz CT molecular complexity index is 1710. The third kappa shape index (κ3) is 5.33. The van der Waals surface area contributed by atoms with E-state index in [1.54, 1.807) is 19.7 Å². The second-order valence-corrected chi connectivity index (χ2v) is 11.9. The highest BCUT2D eigenvalue weighted by atomic mass is 32.1. The lowest BCUT2D eigenvalue weighted by Crippen LogP contribution is -2.38. The summed E-state index contributed by atoms with van der Waals surface area (Å²) in [6, 6.07) is 21.1. The Labute approximate surface area is 253 Å². The molecule has 0 fully saturated rings. The van der Waals surface area contributed by atoms with Gasteiger partial charge in [0.2, 0.25) is 11.8 Å². The van der Waals surface area contributed by atoms with Crippen LogP contribution in [0.15, 0.2) is 72.2 Å². The van der Waals surface area contributed by atoms with Gasteiger partial charge in [-0.25, -0.2) is 4.98 Å². The van der Waals surface area contributed by atoms with Gasteiger partial charge in [-0.1, -0.05) is 48.5 Å². The van der Waals surface area contributed by atoms with E-state index < -0.39 is 11.7 Å². The van der Waals surface area contributed by atoms with Gasteiger partial charge in [0.1, 0.15) is 12.2 Å². The largest absolute Gasteiger partial charge is 0.352 e. The van der Waals surface area contributed by atoms with Crippen molar-refractivity contribution in [1.82, 2.24) is 9.88 Å². The Morgan fingerprint density at radius 1 is 1.05 bits per heavy atom. The number of aromatic nitrogens is 1. The van der Waals surface area contributed by atoms with E-state index in [0.29, 0.717) is 24.2 Å². The van der Waals surface area contributed by atoms with E-state index in [-0.39, 0.29) is 30.8 Å². The van der Waals surface area contributed by atoms with Crippen LogP contribution in [-0.2, 0) is 43.9 Å². The number of nitrogens with one attached hydrogen (secondary N) is 2. The van der Waals surface area contributed by atoms with Crippen LogP contribution in [-0.4, -0.2) is 48.4 Å². The number of hydrogen-bond acceptors (Lipinski definition) is 7. The molecule has 1 atom stereocenters. The summed E-state index contributed by atoms with van der Waals surface area (Å²) in [4.78, 5) is 46.7. The predicted molar refractivity (Wildman–Crippen MR) is 164 cm³/mol. The lowest BCUT2D eigenvalue weighted by molar-refractivity contribution is -0.120. The van der Waals surface area contributed by atoms with E-state index in [1.165, 1.54) is 16.2 Å². The van der Waals surface area contributed by atoms with E-state index >= 15 is 0 Å². The van der Waals surface area contributed by atoms with Crippen molar-refractivity contribution in [3.63, 3.8) is 0 Å². The number of ether oxygens (including phenoxy) is 2. The molecular formula is C33H32N4O5S. The van der Waals surface area contributed by atoms with Gasteiger partial charge in [-0.2, -0.15) is 0 Å². The summed E-state index contributed by atoms with van der Waals surface area (Å²) in [5, 5.41) is 6.00. The number of carbonyl (C=O) groups is 3. The normalized spacial score (nSPS) is 16.7. The Hall–Kier alpha value is -4.38. The van der Waals surface area contributed by atoms with Crippen molar-refractivity contribution < 1.29 is 23.9 Å². The first-order valence-corrected chi connectivity index (χ1v) is 14.9. The number of para-hydroxylation sites is 1. The summed E-state index contributed by atoms with van der Waals surface area (Å²) < 4.78 is 11.0. The van der Waals surface area contributed by atoms with Crippen molar-refractivity contribution >= 4 is 40.4 Å². The molecule has 1 aromatic heterocycles. The quantitative estimate of drug-likeness (QED) is 0.263. The zero-order valence-corrected chi connectivity index (χ0v) is 25.0. The first kappa shape index (κ1) is 28.7. The lowest BCUT2D eigenvalue weighted by atomic mass is 9.79. The maximum absolute atomic E-state index is 13.7. The zero-order chi connectivity index (χ0) is 30.1. The fraction of sp³-hybridized carbons (Fsp3) is 0.273. The zero-order valence-electron chi connectivity index (χ0n) is 24.2. The molecule has 0 saturated heterocycles. The van der Waals surface area contributed by atoms with Gasteiger partial charge in [0.15, 0.2) is 6.29 Å². The van der Waals surface area contributed by atoms with Crippen LogP contribution >= 0.6 is 11.3 Å². The van der Waals surface area contributed by atoms with Crippen LogP contribution in [0.1, 0.15) is 49.5 Å². The minimum absolute atomic E-state index is 0.00596. The fourth-order valence-corrected chi connectivity index (χ4v) is 6.74. The van der Waals surface area contributed by atoms with Crippen molar-refractivity contribution in [1.29, 1.82) is 0 Å². The first-order valence-electron chi connectivity index (χ1n) is 14.0. The number of hydrogen-bond donors (Lipinski definition) is 2. The molecule has 0 saturated carbocycles. The molecule has 1 aliphatic carbocycles. The Balaban J connectivity index is 1.22. The second-order valence-electron chi connectivity index (χ2n) is 10.9. The minimum Gasteiger partial charge on any atom is -0.352 e. The van der Waals surface area contributed by atoms with Crippen LogP contribution in [0.3, 0.4) is 0 Å². The van der Waals surface area contributed by atoms with Crippen molar-refractivity contribution in [2.24, 2.45) is 0 Å². The van der Waals surface area contributed by atoms with Gasteiger partial charge in [0.25, 0.3) is 5.91 Å². The van der Waals surface area contributed by atoms with E-state index in [4.69, 9.17) is 9.47 Å². The molecule has 3 amide bonds. The number of anilines is 2. The lowest BCUT2D eigenvalue weighted by Gasteiger charge is -2.25. The Morgan fingerprint density at radius 3 is 2.56 bits per heavy atom. The molecule has 6 rings (SSSR count). The second kappa shape index (κ2) is 11.7. The SMILES string of the molecule is COC(OC)c1ccccc1CN(CC(=O)Nc1ccc2c(c1)CC1(C2)C(=O)Nc2ccccc21)C(=O)c1ncsc1C. The van der Waals surface area contributed by atoms with E-state index in [1.807, 2.05) is 73.7 Å². The summed E-state index contributed by atoms with van der Waals surface area (Å²) in [6.45, 7) is 1.80. The highest BCUT2D eigenvalue weighted by Gasteiger charge is 2.50. The maximum atomic E-state index is 13.7. The van der Waals surface area contributed by atoms with Gasteiger partial charge < -0.3 is 25.0 Å². The molecule has 220 valence electrons. The van der Waals surface area contributed by atoms with Crippen LogP contribution in [0.2, 0.25) is 0 Å². The fourth-order valence-electron chi connectivity index (χ4n) is 6.18. The number of carbonyl (C=O) groups excluding carboxylic acids is 3. The monoisotopic (exact) mass is 596 g/mol. The molecule has 2 aliphatic rings. The number of benzene rings is 3. The summed E-state index contributed by atoms with van der Waals surface area (Å²) in [5.74, 6) is -0.673. The summed E-state index contributed by atoms with van der Waals surface area (Å²) in [6.07, 6.45) is 0.545. The average Bonchev–Trinajstić information content (AvgIpc) is 3.69. The molecule has 1 unspecified atom stereocenters. The minimum atomic E-state index is -0.633. The number of fused-ring (bicyclic) bond motifs is 3. The molecule has 4 aromatic rings. The van der Waals surface area contributed by atoms with Crippen molar-refractivity contribution in [2.45, 2.75) is 38.0 Å². The van der Waals surface area contributed by atoms with Gasteiger partial charge in [0.05, 0.1) is 10.9 Å². The molecule has 43 heavy (non-hydrogen) atoms. The number of amides is 3. The van der Waals surface area contributed by atoms with Crippen LogP contribution in [0, 0.1) is 6.92 Å². The van der Waals surface area contributed by atoms with Crippen molar-refractivity contribution in [3.8, 4) is 0 Å². The van der Waals surface area contributed by atoms with Crippen LogP contribution in [0.25, 0.3) is 0 Å². The molecule has 0 radical (unpaired) electrons. The van der Waals surface area contributed by atoms with Crippen LogP contribution in [0.4, 0.5) is 11.4 Å². The molecular weight excluding hydrogens is 564 g/mol. The molecule has 1 spiro atoms. The number of thiazole rings is 1. The topological polar surface area (TPSA) is 110 Å². The standard InChI is InChI=1S/C33H32N4O5S/c1-20-29(34-19-43-20)30(39)37(17-22-8-4-5-9-25(22)31(41-2)42-3)18-28(38)35-24-13-12-21-15-33(16-23(21)14-24)26-10-6-7-11-27(26)36-32(33)40/h4-14,19,31H,15-18H2,1-3H3,(H,35,38)(H,36,40). The Kier molecular flexibility index (Phi) is 7.83. The highest BCUT2D eigenvalue weighted by Crippen LogP contribution is 2.47. The summed E-state index contributed by atoms with van der Waals surface area (Å²) in [7, 11) is 3.10. The third-order valence-electron chi connectivity index (χ3n) is 8.27. The highest BCUT2D eigenvalue weighted by molar-refractivity contribution is 7.09. The van der Waals surface area contributed by atoms with Gasteiger partial charge >= 0.3 is 0 Å². The van der Waals surface area contributed by atoms with Gasteiger partial charge in [-0.05, 0) is 60.2 Å². The summed E-state index contributed by atoms with van der Waals surface area (Å²) >= 11 is 1.38. The number of nitrogens with zero attached hydrogens (tertiary/aromatic N) is 2. The number of methoxy groups -OCH3 is 2. The van der Waals surface area contributed by atoms with E-state index in [0.717, 1.165) is 38.4 Å². The van der Waals surface area contributed by atoms with Gasteiger partial charge in [0, 0.05) is 42.6 Å². The average molecular weight is 597 g/mol. The third-order valence-corrected chi connectivity index (χ3v) is 9.03. The molecule has 1 aliphatic heterocycles. The number of aryl methyl sites for hydroxylation is 1. The molecule has 0 bridgehead atoms. The molecule has 9 nitrogen and oxygen atoms in total.